The summed E-state index contributed by atoms with van der Waals surface area (Å²) >= 11 is 0. The second-order valence-electron chi connectivity index (χ2n) is 17.7. The minimum atomic E-state index is -0.0231. The maximum Gasteiger partial charge on any atom is 0.305 e. The second kappa shape index (κ2) is 37.7. The summed E-state index contributed by atoms with van der Waals surface area (Å²) in [4.78, 5) is 14.5. The van der Waals surface area contributed by atoms with Crippen LogP contribution in [0.1, 0.15) is 247 Å². The molecule has 0 saturated heterocycles. The quantitative estimate of drug-likeness (QED) is 0.0466. The van der Waals surface area contributed by atoms with Crippen LogP contribution in [0.4, 0.5) is 0 Å². The number of esters is 1. The predicted octanol–water partition coefficient (Wildman–Crippen LogP) is 15.8. The van der Waals surface area contributed by atoms with Crippen LogP contribution in [0.15, 0.2) is 0 Å². The molecule has 3 nitrogen and oxygen atoms in total. The molecule has 306 valence electrons. The van der Waals surface area contributed by atoms with Gasteiger partial charge in [-0.05, 0) is 56.7 Å². The van der Waals surface area contributed by atoms with E-state index in [-0.39, 0.29) is 5.97 Å². The van der Waals surface area contributed by atoms with Crippen molar-refractivity contribution in [3.63, 3.8) is 0 Å². The van der Waals surface area contributed by atoms with Crippen LogP contribution >= 0.6 is 0 Å². The number of hydrogen-bond donors (Lipinski definition) is 0. The third-order valence-electron chi connectivity index (χ3n) is 12.7. The van der Waals surface area contributed by atoms with Crippen molar-refractivity contribution in [1.82, 2.24) is 4.90 Å². The molecule has 0 saturated carbocycles. The monoisotopic (exact) mass is 720 g/mol. The van der Waals surface area contributed by atoms with Crippen LogP contribution in [0.2, 0.25) is 0 Å². The molecule has 0 radical (unpaired) electrons. The predicted molar refractivity (Wildman–Crippen MR) is 229 cm³/mol. The van der Waals surface area contributed by atoms with E-state index in [1.54, 1.807) is 0 Å². The molecule has 0 fully saturated rings. The van der Waals surface area contributed by atoms with Crippen LogP contribution in [0.3, 0.4) is 0 Å². The van der Waals surface area contributed by atoms with Gasteiger partial charge in [0.05, 0.1) is 6.61 Å². The molecule has 4 atom stereocenters. The Labute approximate surface area is 323 Å². The highest BCUT2D eigenvalue weighted by Gasteiger charge is 2.29. The lowest BCUT2D eigenvalue weighted by Crippen LogP contribution is -2.30. The SMILES string of the molecule is CCCCCCCCCCCCCCCCC(CCCCCCCCCCCCCCCC)C(C)C(C)C(C)C(C)COC(=O)CCCN(C)C. The molecular weight excluding hydrogens is 623 g/mol. The van der Waals surface area contributed by atoms with Crippen LogP contribution in [0, 0.1) is 29.6 Å². The normalized spacial score (nSPS) is 14.3. The first-order chi connectivity index (χ1) is 24.7. The van der Waals surface area contributed by atoms with Crippen LogP contribution in [-0.4, -0.2) is 38.1 Å². The largest absolute Gasteiger partial charge is 0.465 e. The molecular formula is C48H97NO2. The van der Waals surface area contributed by atoms with Crippen LogP contribution in [-0.2, 0) is 9.53 Å². The summed E-state index contributed by atoms with van der Waals surface area (Å²) < 4.78 is 5.75. The fraction of sp³-hybridized carbons (Fsp3) is 0.979. The van der Waals surface area contributed by atoms with Crippen molar-refractivity contribution in [2.75, 3.05) is 27.2 Å². The Kier molecular flexibility index (Phi) is 37.3. The molecule has 0 rings (SSSR count). The minimum Gasteiger partial charge on any atom is -0.465 e. The Morgan fingerprint density at radius 3 is 1.12 bits per heavy atom. The van der Waals surface area contributed by atoms with Gasteiger partial charge in [0, 0.05) is 6.42 Å². The maximum atomic E-state index is 12.3. The number of unbranched alkanes of at least 4 members (excludes halogenated alkanes) is 26. The Hall–Kier alpha value is -0.570. The van der Waals surface area contributed by atoms with Crippen molar-refractivity contribution in [1.29, 1.82) is 0 Å². The molecule has 3 heteroatoms. The Balaban J connectivity index is 4.53. The zero-order chi connectivity index (χ0) is 37.8. The van der Waals surface area contributed by atoms with Gasteiger partial charge in [-0.15, -0.1) is 0 Å². The number of carbonyl (C=O) groups is 1. The molecule has 0 N–H and O–H groups in total. The van der Waals surface area contributed by atoms with Crippen molar-refractivity contribution in [3.8, 4) is 0 Å². The van der Waals surface area contributed by atoms with Gasteiger partial charge in [-0.1, -0.05) is 234 Å². The first-order valence-corrected chi connectivity index (χ1v) is 23.5. The molecule has 4 unspecified atom stereocenters. The molecule has 0 bridgehead atoms. The Morgan fingerprint density at radius 1 is 0.451 bits per heavy atom. The summed E-state index contributed by atoms with van der Waals surface area (Å²) in [6.07, 6.45) is 44.4. The molecule has 0 aliphatic rings. The lowest BCUT2D eigenvalue weighted by atomic mass is 9.71. The fourth-order valence-corrected chi connectivity index (χ4v) is 8.29. The van der Waals surface area contributed by atoms with E-state index in [0.29, 0.717) is 30.8 Å². The molecule has 0 aliphatic carbocycles. The van der Waals surface area contributed by atoms with Crippen LogP contribution in [0.5, 0.6) is 0 Å². The van der Waals surface area contributed by atoms with E-state index in [0.717, 1.165) is 24.8 Å². The molecule has 0 aromatic heterocycles. The van der Waals surface area contributed by atoms with Gasteiger partial charge in [0.15, 0.2) is 0 Å². The summed E-state index contributed by atoms with van der Waals surface area (Å²) in [5, 5.41) is 0. The zero-order valence-corrected chi connectivity index (χ0v) is 36.7. The standard InChI is InChI=1S/C48H97NO2/c1-9-11-13-15-17-19-21-23-25-27-29-31-33-35-38-47(39-36-34-32-30-28-26-24-22-20-18-16-14-12-10-2)46(6)45(5)44(4)43(3)42-51-48(50)40-37-41-49(7)8/h43-47H,9-42H2,1-8H3. The third kappa shape index (κ3) is 32.6. The lowest BCUT2D eigenvalue weighted by molar-refractivity contribution is -0.145. The Morgan fingerprint density at radius 2 is 0.784 bits per heavy atom. The van der Waals surface area contributed by atoms with Crippen molar-refractivity contribution < 1.29 is 9.53 Å². The number of nitrogens with zero attached hydrogens (tertiary/aromatic N) is 1. The number of hydrogen-bond acceptors (Lipinski definition) is 3. The van der Waals surface area contributed by atoms with Crippen molar-refractivity contribution in [3.05, 3.63) is 0 Å². The molecule has 0 heterocycles. The lowest BCUT2D eigenvalue weighted by Gasteiger charge is -2.35. The van der Waals surface area contributed by atoms with Crippen molar-refractivity contribution in [2.45, 2.75) is 247 Å². The van der Waals surface area contributed by atoms with E-state index in [1.165, 1.54) is 193 Å². The average molecular weight is 720 g/mol. The smallest absolute Gasteiger partial charge is 0.305 e. The minimum absolute atomic E-state index is 0.0231. The highest BCUT2D eigenvalue weighted by atomic mass is 16.5. The highest BCUT2D eigenvalue weighted by molar-refractivity contribution is 5.69. The fourth-order valence-electron chi connectivity index (χ4n) is 8.29. The molecule has 0 aromatic carbocycles. The van der Waals surface area contributed by atoms with E-state index in [2.05, 4.69) is 60.5 Å². The summed E-state index contributed by atoms with van der Waals surface area (Å²) in [5.74, 6) is 3.15. The van der Waals surface area contributed by atoms with Gasteiger partial charge in [0.2, 0.25) is 0 Å². The maximum absolute atomic E-state index is 12.3. The summed E-state index contributed by atoms with van der Waals surface area (Å²) in [5.41, 5.74) is 0. The molecule has 51 heavy (non-hydrogen) atoms. The van der Waals surface area contributed by atoms with E-state index in [9.17, 15) is 4.79 Å². The first-order valence-electron chi connectivity index (χ1n) is 23.5. The van der Waals surface area contributed by atoms with E-state index in [4.69, 9.17) is 4.74 Å². The second-order valence-corrected chi connectivity index (χ2v) is 17.7. The van der Waals surface area contributed by atoms with Crippen LogP contribution < -0.4 is 0 Å². The average Bonchev–Trinajstić information content (AvgIpc) is 3.12. The molecule has 0 amide bonds. The van der Waals surface area contributed by atoms with Crippen molar-refractivity contribution in [2.24, 2.45) is 29.6 Å². The van der Waals surface area contributed by atoms with Gasteiger partial charge >= 0.3 is 5.97 Å². The first kappa shape index (κ1) is 50.4. The van der Waals surface area contributed by atoms with Crippen molar-refractivity contribution >= 4 is 5.97 Å². The van der Waals surface area contributed by atoms with Gasteiger partial charge in [0.1, 0.15) is 0 Å². The van der Waals surface area contributed by atoms with Crippen LogP contribution in [0.25, 0.3) is 0 Å². The van der Waals surface area contributed by atoms with E-state index in [1.807, 2.05) is 0 Å². The number of rotatable bonds is 40. The zero-order valence-electron chi connectivity index (χ0n) is 36.7. The van der Waals surface area contributed by atoms with Gasteiger partial charge in [-0.2, -0.15) is 0 Å². The molecule has 0 spiro atoms. The third-order valence-corrected chi connectivity index (χ3v) is 12.7. The molecule has 0 aliphatic heterocycles. The summed E-state index contributed by atoms with van der Waals surface area (Å²) in [7, 11) is 4.12. The number of carbonyl (C=O) groups excluding carboxylic acids is 1. The van der Waals surface area contributed by atoms with Gasteiger partial charge in [-0.3, -0.25) is 4.79 Å². The number of ether oxygens (including phenoxy) is 1. The topological polar surface area (TPSA) is 29.5 Å². The highest BCUT2D eigenvalue weighted by Crippen LogP contribution is 2.36. The molecule has 0 aromatic rings. The van der Waals surface area contributed by atoms with E-state index < -0.39 is 0 Å². The van der Waals surface area contributed by atoms with Gasteiger partial charge < -0.3 is 9.64 Å². The van der Waals surface area contributed by atoms with E-state index >= 15 is 0 Å². The summed E-state index contributed by atoms with van der Waals surface area (Å²) in [6.45, 7) is 15.9. The van der Waals surface area contributed by atoms with Gasteiger partial charge in [0.25, 0.3) is 0 Å². The summed E-state index contributed by atoms with van der Waals surface area (Å²) in [6, 6.07) is 0. The van der Waals surface area contributed by atoms with Gasteiger partial charge in [-0.25, -0.2) is 0 Å². The Bertz CT molecular complexity index is 675.